The molecule has 0 aromatic heterocycles. The summed E-state index contributed by atoms with van der Waals surface area (Å²) in [6.07, 6.45) is 0. The maximum Gasteiger partial charge on any atom is 0.0499 e. The lowest BCUT2D eigenvalue weighted by molar-refractivity contribution is 0.114. The maximum absolute atomic E-state index is 6.30. The Morgan fingerprint density at radius 3 is 2.05 bits per heavy atom. The number of nitrogens with zero attached hydrogens (tertiary/aromatic N) is 2. The van der Waals surface area contributed by atoms with Crippen molar-refractivity contribution < 1.29 is 0 Å². The average molecular weight is 277 g/mol. The van der Waals surface area contributed by atoms with E-state index in [1.54, 1.807) is 0 Å². The number of nitrogens with two attached hydrogens (primary N) is 1. The molecule has 0 fully saturated rings. The highest BCUT2D eigenvalue weighted by atomic mass is 15.2. The van der Waals surface area contributed by atoms with Gasteiger partial charge in [-0.05, 0) is 47.0 Å². The quantitative estimate of drug-likeness (QED) is 0.831. The number of rotatable bonds is 7. The molecule has 3 unspecified atom stereocenters. The van der Waals surface area contributed by atoms with Gasteiger partial charge in [-0.25, -0.2) is 0 Å². The van der Waals surface area contributed by atoms with Gasteiger partial charge in [0, 0.05) is 24.7 Å². The lowest BCUT2D eigenvalue weighted by Gasteiger charge is -2.39. The molecule has 1 aromatic carbocycles. The summed E-state index contributed by atoms with van der Waals surface area (Å²) in [6, 6.07) is 9.65. The van der Waals surface area contributed by atoms with E-state index in [1.165, 1.54) is 11.1 Å². The monoisotopic (exact) mass is 277 g/mol. The molecule has 114 valence electrons. The van der Waals surface area contributed by atoms with E-state index in [0.29, 0.717) is 6.04 Å². The van der Waals surface area contributed by atoms with Crippen LogP contribution in [0.3, 0.4) is 0 Å². The Morgan fingerprint density at radius 2 is 1.65 bits per heavy atom. The minimum absolute atomic E-state index is 0.113. The second-order valence-electron chi connectivity index (χ2n) is 6.16. The Labute approximate surface area is 124 Å². The molecule has 0 aliphatic heterocycles. The van der Waals surface area contributed by atoms with Crippen molar-refractivity contribution in [3.63, 3.8) is 0 Å². The van der Waals surface area contributed by atoms with Crippen LogP contribution in [0, 0.1) is 6.92 Å². The third-order valence-corrected chi connectivity index (χ3v) is 3.83. The second-order valence-corrected chi connectivity index (χ2v) is 6.16. The van der Waals surface area contributed by atoms with Crippen molar-refractivity contribution >= 4 is 0 Å². The highest BCUT2D eigenvalue weighted by Gasteiger charge is 2.26. The summed E-state index contributed by atoms with van der Waals surface area (Å²) in [4.78, 5) is 4.75. The molecule has 0 saturated carbocycles. The summed E-state index contributed by atoms with van der Waals surface area (Å²) in [5.74, 6) is 0. The van der Waals surface area contributed by atoms with Gasteiger partial charge in [-0.3, -0.25) is 4.90 Å². The molecule has 0 saturated heterocycles. The topological polar surface area (TPSA) is 32.5 Å². The summed E-state index contributed by atoms with van der Waals surface area (Å²) in [5.41, 5.74) is 8.91. The van der Waals surface area contributed by atoms with Crippen LogP contribution in [0.1, 0.15) is 37.9 Å². The van der Waals surface area contributed by atoms with Crippen molar-refractivity contribution in [1.82, 2.24) is 9.80 Å². The maximum atomic E-state index is 6.30. The molecule has 2 N–H and O–H groups in total. The fourth-order valence-electron chi connectivity index (χ4n) is 2.98. The highest BCUT2D eigenvalue weighted by Crippen LogP contribution is 2.26. The molecule has 20 heavy (non-hydrogen) atoms. The van der Waals surface area contributed by atoms with E-state index in [4.69, 9.17) is 5.73 Å². The van der Waals surface area contributed by atoms with Gasteiger partial charge in [-0.2, -0.15) is 0 Å². The standard InChI is InChI=1S/C17H31N3/c1-7-20(14(3)12-19(5)6)17(15(4)18)16-10-8-13(2)9-11-16/h8-11,14-15,17H,7,12,18H2,1-6H3. The van der Waals surface area contributed by atoms with E-state index >= 15 is 0 Å². The first kappa shape index (κ1) is 17.2. The van der Waals surface area contributed by atoms with E-state index in [2.05, 4.69) is 75.9 Å². The Balaban J connectivity index is 3.00. The Bertz CT molecular complexity index is 384. The number of benzene rings is 1. The fraction of sp³-hybridized carbons (Fsp3) is 0.647. The van der Waals surface area contributed by atoms with Gasteiger partial charge in [-0.15, -0.1) is 0 Å². The smallest absolute Gasteiger partial charge is 0.0499 e. The molecule has 3 atom stereocenters. The van der Waals surface area contributed by atoms with Gasteiger partial charge >= 0.3 is 0 Å². The highest BCUT2D eigenvalue weighted by molar-refractivity contribution is 5.25. The van der Waals surface area contributed by atoms with Crippen molar-refractivity contribution in [2.24, 2.45) is 5.73 Å². The van der Waals surface area contributed by atoms with Crippen LogP contribution < -0.4 is 5.73 Å². The van der Waals surface area contributed by atoms with E-state index in [0.717, 1.165) is 13.1 Å². The Morgan fingerprint density at radius 1 is 1.10 bits per heavy atom. The largest absolute Gasteiger partial charge is 0.326 e. The van der Waals surface area contributed by atoms with Crippen molar-refractivity contribution in [1.29, 1.82) is 0 Å². The molecule has 0 aliphatic carbocycles. The minimum atomic E-state index is 0.113. The molecule has 0 radical (unpaired) electrons. The first-order valence-corrected chi connectivity index (χ1v) is 7.59. The number of hydrogen-bond donors (Lipinski definition) is 1. The average Bonchev–Trinajstić information content (AvgIpc) is 2.35. The van der Waals surface area contributed by atoms with Gasteiger partial charge in [0.2, 0.25) is 0 Å². The van der Waals surface area contributed by atoms with Crippen LogP contribution in [0.25, 0.3) is 0 Å². The van der Waals surface area contributed by atoms with Crippen molar-refractivity contribution in [3.05, 3.63) is 35.4 Å². The number of likely N-dealkylation sites (N-methyl/N-ethyl adjacent to an activating group) is 2. The third kappa shape index (κ3) is 4.58. The van der Waals surface area contributed by atoms with Crippen molar-refractivity contribution in [3.8, 4) is 0 Å². The molecule has 3 heteroatoms. The molecule has 0 amide bonds. The molecule has 0 aliphatic rings. The van der Waals surface area contributed by atoms with Crippen LogP contribution in [0.15, 0.2) is 24.3 Å². The van der Waals surface area contributed by atoms with Gasteiger partial charge in [0.1, 0.15) is 0 Å². The van der Waals surface area contributed by atoms with E-state index in [9.17, 15) is 0 Å². The zero-order valence-electron chi connectivity index (χ0n) is 13.9. The summed E-state index contributed by atoms with van der Waals surface area (Å²) in [5, 5.41) is 0. The summed E-state index contributed by atoms with van der Waals surface area (Å²) >= 11 is 0. The molecule has 1 aromatic rings. The normalized spacial score (nSPS) is 16.4. The van der Waals surface area contributed by atoms with Crippen molar-refractivity contribution in [2.75, 3.05) is 27.2 Å². The third-order valence-electron chi connectivity index (χ3n) is 3.83. The summed E-state index contributed by atoms with van der Waals surface area (Å²) in [7, 11) is 4.24. The number of aryl methyl sites for hydroxylation is 1. The van der Waals surface area contributed by atoms with E-state index in [1.807, 2.05) is 0 Å². The van der Waals surface area contributed by atoms with Crippen LogP contribution >= 0.6 is 0 Å². The summed E-state index contributed by atoms with van der Waals surface area (Å²) in [6.45, 7) is 10.8. The molecular weight excluding hydrogens is 246 g/mol. The van der Waals surface area contributed by atoms with Gasteiger partial charge in [0.25, 0.3) is 0 Å². The fourth-order valence-corrected chi connectivity index (χ4v) is 2.98. The van der Waals surface area contributed by atoms with E-state index < -0.39 is 0 Å². The SMILES string of the molecule is CCN(C(C)CN(C)C)C(c1ccc(C)cc1)C(C)N. The second kappa shape index (κ2) is 7.77. The zero-order chi connectivity index (χ0) is 15.3. The van der Waals surface area contributed by atoms with Gasteiger partial charge in [0.05, 0.1) is 0 Å². The van der Waals surface area contributed by atoms with E-state index in [-0.39, 0.29) is 12.1 Å². The summed E-state index contributed by atoms with van der Waals surface area (Å²) < 4.78 is 0. The van der Waals surface area contributed by atoms with Crippen LogP contribution in [0.4, 0.5) is 0 Å². The van der Waals surface area contributed by atoms with Crippen LogP contribution in [-0.2, 0) is 0 Å². The Kier molecular flexibility index (Phi) is 6.66. The lowest BCUT2D eigenvalue weighted by Crippen LogP contribution is -2.47. The predicted octanol–water partition coefficient (Wildman–Crippen LogP) is 2.66. The first-order chi connectivity index (χ1) is 9.36. The number of hydrogen-bond acceptors (Lipinski definition) is 3. The van der Waals surface area contributed by atoms with Gasteiger partial charge < -0.3 is 10.6 Å². The first-order valence-electron chi connectivity index (χ1n) is 7.59. The minimum Gasteiger partial charge on any atom is -0.326 e. The van der Waals surface area contributed by atoms with Gasteiger partial charge in [0.15, 0.2) is 0 Å². The molecular formula is C17H31N3. The molecule has 0 heterocycles. The van der Waals surface area contributed by atoms with Crippen LogP contribution in [0.2, 0.25) is 0 Å². The predicted molar refractivity (Wildman–Crippen MR) is 88.0 cm³/mol. The zero-order valence-corrected chi connectivity index (χ0v) is 13.9. The van der Waals surface area contributed by atoms with Crippen LogP contribution in [-0.4, -0.2) is 49.1 Å². The lowest BCUT2D eigenvalue weighted by atomic mass is 9.96. The van der Waals surface area contributed by atoms with Crippen molar-refractivity contribution in [2.45, 2.75) is 45.8 Å². The molecule has 0 spiro atoms. The molecule has 1 rings (SSSR count). The Hall–Kier alpha value is -0.900. The molecule has 3 nitrogen and oxygen atoms in total. The molecule has 0 bridgehead atoms. The van der Waals surface area contributed by atoms with Gasteiger partial charge in [-0.1, -0.05) is 36.8 Å². The van der Waals surface area contributed by atoms with Crippen LogP contribution in [0.5, 0.6) is 0 Å².